The molecular formula is C17H11Cl2NO2. The molecule has 0 N–H and O–H groups in total. The van der Waals surface area contributed by atoms with Gasteiger partial charge < -0.3 is 4.74 Å². The summed E-state index contributed by atoms with van der Waals surface area (Å²) in [6.45, 7) is 1.99. The normalized spacial score (nSPS) is 15.9. The second-order valence-corrected chi connectivity index (χ2v) is 5.71. The van der Waals surface area contributed by atoms with E-state index >= 15 is 0 Å². The Morgan fingerprint density at radius 2 is 1.82 bits per heavy atom. The molecule has 0 radical (unpaired) electrons. The zero-order chi connectivity index (χ0) is 15.7. The summed E-state index contributed by atoms with van der Waals surface area (Å²) in [7, 11) is 0. The van der Waals surface area contributed by atoms with Crippen molar-refractivity contribution in [2.24, 2.45) is 4.99 Å². The first-order valence-corrected chi connectivity index (χ1v) is 7.33. The van der Waals surface area contributed by atoms with E-state index in [2.05, 4.69) is 4.99 Å². The smallest absolute Gasteiger partial charge is 0.363 e. The van der Waals surface area contributed by atoms with E-state index < -0.39 is 5.97 Å². The molecule has 2 aromatic rings. The molecule has 1 aliphatic heterocycles. The number of halogens is 2. The van der Waals surface area contributed by atoms with E-state index in [1.807, 2.05) is 31.2 Å². The molecule has 3 nitrogen and oxygen atoms in total. The molecule has 0 saturated heterocycles. The van der Waals surface area contributed by atoms with Crippen LogP contribution in [0.15, 0.2) is 53.2 Å². The van der Waals surface area contributed by atoms with Crippen LogP contribution in [0.3, 0.4) is 0 Å². The van der Waals surface area contributed by atoms with Crippen molar-refractivity contribution >= 4 is 41.1 Å². The van der Waals surface area contributed by atoms with Gasteiger partial charge in [-0.1, -0.05) is 47.0 Å². The second kappa shape index (κ2) is 5.95. The van der Waals surface area contributed by atoms with Crippen LogP contribution in [0, 0.1) is 6.92 Å². The molecule has 0 saturated carbocycles. The van der Waals surface area contributed by atoms with Crippen molar-refractivity contribution in [3.8, 4) is 0 Å². The van der Waals surface area contributed by atoms with Crippen molar-refractivity contribution in [2.45, 2.75) is 6.92 Å². The minimum Gasteiger partial charge on any atom is -0.402 e. The van der Waals surface area contributed by atoms with E-state index in [4.69, 9.17) is 27.9 Å². The summed E-state index contributed by atoms with van der Waals surface area (Å²) in [5, 5.41) is 0.983. The number of hydrogen-bond acceptors (Lipinski definition) is 3. The largest absolute Gasteiger partial charge is 0.402 e. The number of esters is 1. The standard InChI is InChI=1S/C17H11Cl2NO2/c1-10-2-4-11(5-3-10)16-20-15(17(21)22-16)8-12-6-7-13(18)9-14(12)19/h2-9H,1H3. The van der Waals surface area contributed by atoms with E-state index in [9.17, 15) is 4.79 Å². The fourth-order valence-electron chi connectivity index (χ4n) is 1.99. The van der Waals surface area contributed by atoms with Gasteiger partial charge in [-0.05, 0) is 42.8 Å². The number of carbonyl (C=O) groups is 1. The predicted octanol–water partition coefficient (Wildman–Crippen LogP) is 4.65. The van der Waals surface area contributed by atoms with E-state index in [-0.39, 0.29) is 5.70 Å². The summed E-state index contributed by atoms with van der Waals surface area (Å²) in [6, 6.07) is 12.6. The maximum absolute atomic E-state index is 11.9. The second-order valence-electron chi connectivity index (χ2n) is 4.87. The lowest BCUT2D eigenvalue weighted by Gasteiger charge is -1.99. The minimum atomic E-state index is -0.499. The first kappa shape index (κ1) is 14.8. The summed E-state index contributed by atoms with van der Waals surface area (Å²) in [6.07, 6.45) is 1.59. The number of benzene rings is 2. The van der Waals surface area contributed by atoms with Crippen molar-refractivity contribution < 1.29 is 9.53 Å². The third-order valence-electron chi connectivity index (χ3n) is 3.17. The molecule has 0 bridgehead atoms. The first-order valence-electron chi connectivity index (χ1n) is 6.57. The molecular weight excluding hydrogens is 321 g/mol. The van der Waals surface area contributed by atoms with E-state index in [1.54, 1.807) is 24.3 Å². The Morgan fingerprint density at radius 3 is 2.50 bits per heavy atom. The molecule has 0 atom stereocenters. The van der Waals surface area contributed by atoms with Crippen LogP contribution in [-0.2, 0) is 9.53 Å². The van der Waals surface area contributed by atoms with E-state index in [0.717, 1.165) is 11.1 Å². The maximum atomic E-state index is 11.9. The topological polar surface area (TPSA) is 38.7 Å². The Hall–Kier alpha value is -2.10. The van der Waals surface area contributed by atoms with E-state index in [0.29, 0.717) is 21.5 Å². The summed E-state index contributed by atoms with van der Waals surface area (Å²) in [5.74, 6) is -0.206. The van der Waals surface area contributed by atoms with Crippen LogP contribution in [0.1, 0.15) is 16.7 Å². The van der Waals surface area contributed by atoms with Gasteiger partial charge in [0.2, 0.25) is 5.90 Å². The van der Waals surface area contributed by atoms with Crippen molar-refractivity contribution in [1.29, 1.82) is 0 Å². The van der Waals surface area contributed by atoms with Gasteiger partial charge in [0.05, 0.1) is 0 Å². The maximum Gasteiger partial charge on any atom is 0.363 e. The van der Waals surface area contributed by atoms with Crippen LogP contribution in [-0.4, -0.2) is 11.9 Å². The third kappa shape index (κ3) is 3.06. The van der Waals surface area contributed by atoms with Crippen molar-refractivity contribution in [3.63, 3.8) is 0 Å². The average Bonchev–Trinajstić information content (AvgIpc) is 2.84. The highest BCUT2D eigenvalue weighted by Gasteiger charge is 2.24. The molecule has 0 aliphatic carbocycles. The molecule has 3 rings (SSSR count). The molecule has 22 heavy (non-hydrogen) atoms. The summed E-state index contributed by atoms with van der Waals surface area (Å²) < 4.78 is 5.21. The average molecular weight is 332 g/mol. The van der Waals surface area contributed by atoms with Gasteiger partial charge in [-0.25, -0.2) is 9.79 Å². The fraction of sp³-hybridized carbons (Fsp3) is 0.0588. The monoisotopic (exact) mass is 331 g/mol. The first-order chi connectivity index (χ1) is 10.5. The van der Waals surface area contributed by atoms with Crippen LogP contribution in [0.2, 0.25) is 10.0 Å². The van der Waals surface area contributed by atoms with Gasteiger partial charge in [0.15, 0.2) is 5.70 Å². The van der Waals surface area contributed by atoms with Gasteiger partial charge in [0.1, 0.15) is 0 Å². The van der Waals surface area contributed by atoms with Gasteiger partial charge in [-0.15, -0.1) is 0 Å². The highest BCUT2D eigenvalue weighted by Crippen LogP contribution is 2.25. The molecule has 2 aromatic carbocycles. The van der Waals surface area contributed by atoms with Gasteiger partial charge in [0.25, 0.3) is 0 Å². The van der Waals surface area contributed by atoms with E-state index in [1.165, 1.54) is 0 Å². The summed E-state index contributed by atoms with van der Waals surface area (Å²) in [4.78, 5) is 16.2. The number of ether oxygens (including phenoxy) is 1. The van der Waals surface area contributed by atoms with Crippen molar-refractivity contribution in [2.75, 3.05) is 0 Å². The van der Waals surface area contributed by atoms with Crippen LogP contribution in [0.5, 0.6) is 0 Å². The number of cyclic esters (lactones) is 1. The number of nitrogens with zero attached hydrogens (tertiary/aromatic N) is 1. The molecule has 0 unspecified atom stereocenters. The Bertz CT molecular complexity index is 808. The highest BCUT2D eigenvalue weighted by molar-refractivity contribution is 6.35. The zero-order valence-corrected chi connectivity index (χ0v) is 13.2. The molecule has 5 heteroatoms. The number of rotatable bonds is 2. The Labute approximate surface area is 137 Å². The molecule has 0 fully saturated rings. The van der Waals surface area contributed by atoms with Crippen LogP contribution < -0.4 is 0 Å². The van der Waals surface area contributed by atoms with Gasteiger partial charge in [-0.2, -0.15) is 0 Å². The van der Waals surface area contributed by atoms with Gasteiger partial charge in [0, 0.05) is 15.6 Å². The lowest BCUT2D eigenvalue weighted by atomic mass is 10.1. The van der Waals surface area contributed by atoms with Gasteiger partial charge in [-0.3, -0.25) is 0 Å². The van der Waals surface area contributed by atoms with Gasteiger partial charge >= 0.3 is 5.97 Å². The lowest BCUT2D eigenvalue weighted by Crippen LogP contribution is -2.05. The number of hydrogen-bond donors (Lipinski definition) is 0. The molecule has 1 heterocycles. The Morgan fingerprint density at radius 1 is 1.09 bits per heavy atom. The summed E-state index contributed by atoms with van der Waals surface area (Å²) >= 11 is 12.0. The van der Waals surface area contributed by atoms with Crippen LogP contribution in [0.25, 0.3) is 6.08 Å². The third-order valence-corrected chi connectivity index (χ3v) is 3.74. The SMILES string of the molecule is Cc1ccc(C2=NC(=Cc3ccc(Cl)cc3Cl)C(=O)O2)cc1. The summed E-state index contributed by atoms with van der Waals surface area (Å²) in [5.41, 5.74) is 2.74. The zero-order valence-electron chi connectivity index (χ0n) is 11.6. The quantitative estimate of drug-likeness (QED) is 0.593. The predicted molar refractivity (Wildman–Crippen MR) is 88.2 cm³/mol. The molecule has 0 spiro atoms. The lowest BCUT2D eigenvalue weighted by molar-refractivity contribution is -0.129. The van der Waals surface area contributed by atoms with Crippen molar-refractivity contribution in [3.05, 3.63) is 74.9 Å². The molecule has 110 valence electrons. The number of aryl methyl sites for hydroxylation is 1. The fourth-order valence-corrected chi connectivity index (χ4v) is 2.46. The molecule has 1 aliphatic rings. The molecule has 0 aromatic heterocycles. The van der Waals surface area contributed by atoms with Crippen LogP contribution in [0.4, 0.5) is 0 Å². The number of carbonyl (C=O) groups excluding carboxylic acids is 1. The highest BCUT2D eigenvalue weighted by atomic mass is 35.5. The Kier molecular flexibility index (Phi) is 4.01. The number of aliphatic imine (C=N–C) groups is 1. The minimum absolute atomic E-state index is 0.208. The van der Waals surface area contributed by atoms with Crippen LogP contribution >= 0.6 is 23.2 Å². The molecule has 0 amide bonds. The Balaban J connectivity index is 1.95. The van der Waals surface area contributed by atoms with Crippen molar-refractivity contribution in [1.82, 2.24) is 0 Å².